The van der Waals surface area contributed by atoms with Gasteiger partial charge in [0.15, 0.2) is 0 Å². The highest BCUT2D eigenvalue weighted by Gasteiger charge is 2.19. The first-order chi connectivity index (χ1) is 19.0. The van der Waals surface area contributed by atoms with Crippen LogP contribution in [-0.2, 0) is 24.4 Å². The number of hydrogen-bond donors (Lipinski definition) is 2. The zero-order chi connectivity index (χ0) is 28.9. The molecule has 0 fully saturated rings. The number of benzene rings is 4. The Bertz CT molecular complexity index is 1720. The molecule has 0 aromatic heterocycles. The Hall–Kier alpha value is -5.03. The van der Waals surface area contributed by atoms with E-state index in [1.165, 1.54) is 62.4 Å². The van der Waals surface area contributed by atoms with E-state index in [9.17, 15) is 27.2 Å². The van der Waals surface area contributed by atoms with Crippen molar-refractivity contribution in [2.75, 3.05) is 10.0 Å². The van der Waals surface area contributed by atoms with Crippen LogP contribution in [0, 0.1) is 5.82 Å². The summed E-state index contributed by atoms with van der Waals surface area (Å²) in [6.07, 6.45) is 2.66. The number of hydrogen-bond acceptors (Lipinski definition) is 7. The molecule has 0 spiro atoms. The normalized spacial score (nSPS) is 11.3. The predicted octanol–water partition coefficient (Wildman–Crippen LogP) is 5.28. The number of fused-ring (bicyclic) bond motifs is 1. The van der Waals surface area contributed by atoms with Gasteiger partial charge in [0, 0.05) is 48.1 Å². The highest BCUT2D eigenvalue weighted by atomic mass is 32.2. The van der Waals surface area contributed by atoms with E-state index >= 15 is 0 Å². The molecule has 40 heavy (non-hydrogen) atoms. The summed E-state index contributed by atoms with van der Waals surface area (Å²) < 4.78 is 52.0. The summed E-state index contributed by atoms with van der Waals surface area (Å²) in [5.41, 5.74) is 0.978. The smallest absolute Gasteiger partial charge is 0.308 e. The molecular weight excluding hydrogens is 539 g/mol. The van der Waals surface area contributed by atoms with Gasteiger partial charge in [0.1, 0.15) is 17.3 Å². The summed E-state index contributed by atoms with van der Waals surface area (Å²) in [6.45, 7) is 2.45. The highest BCUT2D eigenvalue weighted by molar-refractivity contribution is 7.93. The second-order valence-electron chi connectivity index (χ2n) is 8.52. The molecule has 0 unspecified atom stereocenters. The largest absolute Gasteiger partial charge is 0.427 e. The molecule has 0 heterocycles. The van der Waals surface area contributed by atoms with Crippen molar-refractivity contribution in [3.63, 3.8) is 0 Å². The molecule has 0 saturated carbocycles. The van der Waals surface area contributed by atoms with Crippen molar-refractivity contribution in [3.05, 3.63) is 96.3 Å². The molecular formula is C29H23FN2O7S. The van der Waals surface area contributed by atoms with Crippen LogP contribution in [-0.4, -0.2) is 26.3 Å². The van der Waals surface area contributed by atoms with Crippen LogP contribution in [0.25, 0.3) is 16.8 Å². The summed E-state index contributed by atoms with van der Waals surface area (Å²) in [4.78, 5) is 35.5. The number of anilines is 2. The topological polar surface area (TPSA) is 128 Å². The summed E-state index contributed by atoms with van der Waals surface area (Å²) in [6, 6.07) is 18.7. The molecule has 0 aliphatic carbocycles. The van der Waals surface area contributed by atoms with E-state index in [1.807, 2.05) is 0 Å². The van der Waals surface area contributed by atoms with Gasteiger partial charge in [-0.1, -0.05) is 24.3 Å². The van der Waals surface area contributed by atoms with E-state index in [-0.39, 0.29) is 22.1 Å². The van der Waals surface area contributed by atoms with Gasteiger partial charge in [-0.2, -0.15) is 0 Å². The maximum Gasteiger partial charge on any atom is 0.308 e. The third-order valence-corrected chi connectivity index (χ3v) is 6.82. The lowest BCUT2D eigenvalue weighted by Crippen LogP contribution is -2.14. The standard InChI is InChI=1S/C29H23FN2O7S/c1-18(33)38-23-15-20(16-24(17-23)39-19(2)34)9-14-29(35)31-27-7-3-6-26-25(27)5-4-8-28(26)40(36,37)32-22-12-10-21(30)11-13-22/h3-17,32H,1-2H3,(H,31,35). The molecule has 0 radical (unpaired) electrons. The van der Waals surface area contributed by atoms with Crippen molar-refractivity contribution in [2.24, 2.45) is 0 Å². The highest BCUT2D eigenvalue weighted by Crippen LogP contribution is 2.30. The summed E-state index contributed by atoms with van der Waals surface area (Å²) in [5, 5.41) is 3.56. The first-order valence-corrected chi connectivity index (χ1v) is 13.3. The number of halogens is 1. The molecule has 1 amide bonds. The molecule has 0 aliphatic heterocycles. The number of sulfonamides is 1. The number of amides is 1. The Labute approximate surface area is 229 Å². The van der Waals surface area contributed by atoms with Crippen LogP contribution in [0.3, 0.4) is 0 Å². The average Bonchev–Trinajstić information content (AvgIpc) is 2.88. The lowest BCUT2D eigenvalue weighted by molar-refractivity contribution is -0.132. The summed E-state index contributed by atoms with van der Waals surface area (Å²) in [7, 11) is -4.04. The van der Waals surface area contributed by atoms with Crippen molar-refractivity contribution in [3.8, 4) is 11.5 Å². The molecule has 204 valence electrons. The third-order valence-electron chi connectivity index (χ3n) is 5.38. The molecule has 2 N–H and O–H groups in total. The van der Waals surface area contributed by atoms with Crippen molar-refractivity contribution in [2.45, 2.75) is 18.7 Å². The lowest BCUT2D eigenvalue weighted by Gasteiger charge is -2.13. The van der Waals surface area contributed by atoms with Crippen LogP contribution in [0.5, 0.6) is 11.5 Å². The van der Waals surface area contributed by atoms with Crippen molar-refractivity contribution in [1.29, 1.82) is 0 Å². The Morgan fingerprint density at radius 1 is 0.800 bits per heavy atom. The minimum absolute atomic E-state index is 0.0266. The fourth-order valence-electron chi connectivity index (χ4n) is 3.84. The quantitative estimate of drug-likeness (QED) is 0.170. The Kier molecular flexibility index (Phi) is 8.25. The van der Waals surface area contributed by atoms with Crippen molar-refractivity contribution in [1.82, 2.24) is 0 Å². The molecule has 0 atom stereocenters. The van der Waals surface area contributed by atoms with E-state index in [0.717, 1.165) is 12.1 Å². The number of nitrogens with one attached hydrogen (secondary N) is 2. The third kappa shape index (κ3) is 7.08. The first-order valence-electron chi connectivity index (χ1n) is 11.8. The van der Waals surface area contributed by atoms with Crippen LogP contribution in [0.15, 0.2) is 89.8 Å². The molecule has 11 heteroatoms. The maximum absolute atomic E-state index is 13.2. The van der Waals surface area contributed by atoms with Gasteiger partial charge in [0.2, 0.25) is 5.91 Å². The fraction of sp³-hybridized carbons (Fsp3) is 0.0690. The van der Waals surface area contributed by atoms with Gasteiger partial charge in [0.25, 0.3) is 10.0 Å². The molecule has 4 aromatic carbocycles. The summed E-state index contributed by atoms with van der Waals surface area (Å²) >= 11 is 0. The average molecular weight is 563 g/mol. The van der Waals surface area contributed by atoms with Gasteiger partial charge in [-0.25, -0.2) is 12.8 Å². The van der Waals surface area contributed by atoms with Crippen LogP contribution in [0.2, 0.25) is 0 Å². The summed E-state index contributed by atoms with van der Waals surface area (Å²) in [5.74, 6) is -1.91. The number of carbonyl (C=O) groups is 3. The van der Waals surface area contributed by atoms with Gasteiger partial charge < -0.3 is 14.8 Å². The minimum atomic E-state index is -4.04. The van der Waals surface area contributed by atoms with E-state index in [1.54, 1.807) is 30.3 Å². The first kappa shape index (κ1) is 28.0. The van der Waals surface area contributed by atoms with Crippen molar-refractivity contribution >= 4 is 56.1 Å². The zero-order valence-electron chi connectivity index (χ0n) is 21.3. The zero-order valence-corrected chi connectivity index (χ0v) is 22.1. The van der Waals surface area contributed by atoms with E-state index in [0.29, 0.717) is 22.0 Å². The van der Waals surface area contributed by atoms with Gasteiger partial charge in [0.05, 0.1) is 4.90 Å². The number of ether oxygens (including phenoxy) is 2. The van der Waals surface area contributed by atoms with Gasteiger partial charge >= 0.3 is 11.9 Å². The van der Waals surface area contributed by atoms with E-state index in [2.05, 4.69) is 10.0 Å². The van der Waals surface area contributed by atoms with Gasteiger partial charge in [-0.15, -0.1) is 0 Å². The van der Waals surface area contributed by atoms with Crippen LogP contribution in [0.4, 0.5) is 15.8 Å². The van der Waals surface area contributed by atoms with Crippen LogP contribution < -0.4 is 19.5 Å². The Morgan fingerprint density at radius 2 is 1.40 bits per heavy atom. The number of carbonyl (C=O) groups excluding carboxylic acids is 3. The molecule has 0 saturated heterocycles. The predicted molar refractivity (Wildman–Crippen MR) is 148 cm³/mol. The Morgan fingerprint density at radius 3 is 2.02 bits per heavy atom. The molecule has 4 aromatic rings. The second kappa shape index (κ2) is 11.8. The molecule has 0 aliphatic rings. The molecule has 4 rings (SSSR count). The fourth-order valence-corrected chi connectivity index (χ4v) is 5.12. The SMILES string of the molecule is CC(=O)Oc1cc(C=CC(=O)Nc2cccc3c(S(=O)(=O)Nc4ccc(F)cc4)cccc23)cc(OC(C)=O)c1. The minimum Gasteiger partial charge on any atom is -0.427 e. The molecule has 0 bridgehead atoms. The molecule has 9 nitrogen and oxygen atoms in total. The van der Waals surface area contributed by atoms with Crippen LogP contribution in [0.1, 0.15) is 19.4 Å². The monoisotopic (exact) mass is 562 g/mol. The van der Waals surface area contributed by atoms with Crippen LogP contribution >= 0.6 is 0 Å². The van der Waals surface area contributed by atoms with Gasteiger partial charge in [-0.3, -0.25) is 19.1 Å². The van der Waals surface area contributed by atoms with Gasteiger partial charge in [-0.05, 0) is 60.2 Å². The lowest BCUT2D eigenvalue weighted by atomic mass is 10.1. The number of esters is 2. The van der Waals surface area contributed by atoms with E-state index < -0.39 is 33.7 Å². The Balaban J connectivity index is 1.59. The van der Waals surface area contributed by atoms with Crippen molar-refractivity contribution < 1.29 is 36.7 Å². The maximum atomic E-state index is 13.2. The number of rotatable bonds is 8. The second-order valence-corrected chi connectivity index (χ2v) is 10.2. The van der Waals surface area contributed by atoms with E-state index in [4.69, 9.17) is 9.47 Å².